The number of nitrogens with one attached hydrogen (secondary N) is 2. The van der Waals surface area contributed by atoms with Gasteiger partial charge in [-0.3, -0.25) is 0 Å². The molecule has 1 aliphatic rings. The molecule has 1 atom stereocenters. The van der Waals surface area contributed by atoms with Gasteiger partial charge >= 0.3 is 6.09 Å². The van der Waals surface area contributed by atoms with E-state index in [9.17, 15) is 4.79 Å². The maximum Gasteiger partial charge on any atom is 0.407 e. The average Bonchev–Trinajstić information content (AvgIpc) is 2.89. The molecule has 2 heterocycles. The summed E-state index contributed by atoms with van der Waals surface area (Å²) in [7, 11) is 2.18. The van der Waals surface area contributed by atoms with Crippen LogP contribution in [0.1, 0.15) is 45.7 Å². The van der Waals surface area contributed by atoms with E-state index in [1.165, 1.54) is 19.4 Å². The molecule has 134 valence electrons. The van der Waals surface area contributed by atoms with E-state index in [2.05, 4.69) is 32.5 Å². The fourth-order valence-corrected chi connectivity index (χ4v) is 2.75. The normalized spacial score (nSPS) is 18.4. The molecule has 1 fully saturated rings. The fraction of sp³-hybridized carbons (Fsp3) is 0.706. The van der Waals surface area contributed by atoms with Gasteiger partial charge in [-0.2, -0.15) is 0 Å². The van der Waals surface area contributed by atoms with Crippen molar-refractivity contribution in [3.8, 4) is 0 Å². The van der Waals surface area contributed by atoms with E-state index >= 15 is 0 Å². The number of hydrogen-bond donors (Lipinski definition) is 2. The van der Waals surface area contributed by atoms with Crippen LogP contribution in [0.2, 0.25) is 0 Å². The van der Waals surface area contributed by atoms with Gasteiger partial charge in [-0.25, -0.2) is 14.8 Å². The van der Waals surface area contributed by atoms with Crippen LogP contribution in [0.3, 0.4) is 0 Å². The highest BCUT2D eigenvalue weighted by Gasteiger charge is 2.20. The van der Waals surface area contributed by atoms with Crippen LogP contribution in [0.4, 0.5) is 10.7 Å². The highest BCUT2D eigenvalue weighted by molar-refractivity contribution is 5.67. The second-order valence-electron chi connectivity index (χ2n) is 7.22. The number of aromatic nitrogens is 2. The summed E-state index contributed by atoms with van der Waals surface area (Å²) in [5.41, 5.74) is 0.243. The third kappa shape index (κ3) is 6.31. The van der Waals surface area contributed by atoms with Crippen molar-refractivity contribution in [1.82, 2.24) is 20.2 Å². The number of rotatable bonds is 6. The minimum Gasteiger partial charge on any atom is -0.444 e. The quantitative estimate of drug-likeness (QED) is 0.831. The van der Waals surface area contributed by atoms with Crippen molar-refractivity contribution in [3.63, 3.8) is 0 Å². The Bertz CT molecular complexity index is 544. The zero-order chi connectivity index (χ0) is 17.6. The molecule has 0 aliphatic carbocycles. The van der Waals surface area contributed by atoms with E-state index < -0.39 is 11.7 Å². The predicted octanol–water partition coefficient (Wildman–Crippen LogP) is 2.40. The van der Waals surface area contributed by atoms with Gasteiger partial charge < -0.3 is 20.3 Å². The highest BCUT2D eigenvalue weighted by atomic mass is 16.6. The lowest BCUT2D eigenvalue weighted by molar-refractivity contribution is 0.0523. The van der Waals surface area contributed by atoms with Crippen LogP contribution < -0.4 is 10.6 Å². The third-order valence-electron chi connectivity index (χ3n) is 3.96. The Morgan fingerprint density at radius 2 is 2.25 bits per heavy atom. The Hall–Kier alpha value is -1.89. The number of ether oxygens (including phenoxy) is 1. The minimum absolute atomic E-state index is 0.317. The van der Waals surface area contributed by atoms with Crippen LogP contribution in [0.5, 0.6) is 0 Å². The summed E-state index contributed by atoms with van der Waals surface area (Å²) < 4.78 is 5.21. The number of amides is 1. The third-order valence-corrected chi connectivity index (χ3v) is 3.96. The molecule has 0 spiro atoms. The number of likely N-dealkylation sites (tertiary alicyclic amines) is 1. The largest absolute Gasteiger partial charge is 0.444 e. The van der Waals surface area contributed by atoms with E-state index in [1.807, 2.05) is 20.8 Å². The monoisotopic (exact) mass is 335 g/mol. The van der Waals surface area contributed by atoms with Crippen LogP contribution in [0.15, 0.2) is 12.3 Å². The van der Waals surface area contributed by atoms with Crippen molar-refractivity contribution in [2.45, 2.75) is 58.2 Å². The number of alkyl carbamates (subject to hydrolysis) is 1. The van der Waals surface area contributed by atoms with E-state index in [-0.39, 0.29) is 0 Å². The van der Waals surface area contributed by atoms with Gasteiger partial charge in [-0.1, -0.05) is 0 Å². The maximum absolute atomic E-state index is 11.7. The van der Waals surface area contributed by atoms with Crippen molar-refractivity contribution in [3.05, 3.63) is 18.0 Å². The number of nitrogens with zero attached hydrogens (tertiary/aromatic N) is 3. The molecule has 7 nitrogen and oxygen atoms in total. The first-order valence-electron chi connectivity index (χ1n) is 8.56. The lowest BCUT2D eigenvalue weighted by Crippen LogP contribution is -2.32. The summed E-state index contributed by atoms with van der Waals surface area (Å²) in [6.45, 7) is 7.85. The SMILES string of the molecule is CN1CCCC1CCNc1nccc(CNC(=O)OC(C)(C)C)n1. The van der Waals surface area contributed by atoms with E-state index in [0.717, 1.165) is 18.7 Å². The smallest absolute Gasteiger partial charge is 0.407 e. The second kappa shape index (κ2) is 8.28. The van der Waals surface area contributed by atoms with Crippen molar-refractivity contribution in [2.75, 3.05) is 25.5 Å². The Labute approximate surface area is 144 Å². The van der Waals surface area contributed by atoms with E-state index in [1.54, 1.807) is 12.3 Å². The van der Waals surface area contributed by atoms with Gasteiger partial charge in [0, 0.05) is 18.8 Å². The van der Waals surface area contributed by atoms with Crippen LogP contribution in [-0.4, -0.2) is 52.7 Å². The molecule has 0 radical (unpaired) electrons. The molecule has 0 bridgehead atoms. The molecule has 2 rings (SSSR count). The Morgan fingerprint density at radius 3 is 2.92 bits per heavy atom. The highest BCUT2D eigenvalue weighted by Crippen LogP contribution is 2.17. The number of carbonyl (C=O) groups excluding carboxylic acids is 1. The van der Waals surface area contributed by atoms with Gasteiger partial charge in [0.05, 0.1) is 12.2 Å². The zero-order valence-electron chi connectivity index (χ0n) is 15.1. The molecule has 1 aromatic heterocycles. The zero-order valence-corrected chi connectivity index (χ0v) is 15.1. The number of hydrogen-bond acceptors (Lipinski definition) is 6. The summed E-state index contributed by atoms with van der Waals surface area (Å²) in [5.74, 6) is 0.596. The Balaban J connectivity index is 1.75. The van der Waals surface area contributed by atoms with Gasteiger partial charge in [-0.05, 0) is 59.7 Å². The van der Waals surface area contributed by atoms with Crippen molar-refractivity contribution in [1.29, 1.82) is 0 Å². The van der Waals surface area contributed by atoms with Gasteiger partial charge in [0.2, 0.25) is 5.95 Å². The standard InChI is InChI=1S/C17H29N5O2/c1-17(2,3)24-16(23)20-12-13-7-9-18-15(21-13)19-10-8-14-6-5-11-22(14)4/h7,9,14H,5-6,8,10-12H2,1-4H3,(H,20,23)(H,18,19,21). The lowest BCUT2D eigenvalue weighted by Gasteiger charge is -2.20. The molecule has 0 aromatic carbocycles. The molecule has 1 aliphatic heterocycles. The van der Waals surface area contributed by atoms with Gasteiger partial charge in [-0.15, -0.1) is 0 Å². The number of anilines is 1. The van der Waals surface area contributed by atoms with Crippen LogP contribution in [0.25, 0.3) is 0 Å². The number of carbonyl (C=O) groups is 1. The molecule has 24 heavy (non-hydrogen) atoms. The van der Waals surface area contributed by atoms with Crippen molar-refractivity contribution in [2.24, 2.45) is 0 Å². The summed E-state index contributed by atoms with van der Waals surface area (Å²) in [4.78, 5) is 22.7. The van der Waals surface area contributed by atoms with Crippen LogP contribution >= 0.6 is 0 Å². The molecule has 1 saturated heterocycles. The molecular weight excluding hydrogens is 306 g/mol. The van der Waals surface area contributed by atoms with Gasteiger partial charge in [0.25, 0.3) is 0 Å². The predicted molar refractivity (Wildman–Crippen MR) is 93.9 cm³/mol. The second-order valence-corrected chi connectivity index (χ2v) is 7.22. The van der Waals surface area contributed by atoms with Crippen molar-refractivity contribution >= 4 is 12.0 Å². The summed E-state index contributed by atoms with van der Waals surface area (Å²) in [5, 5.41) is 5.97. The molecular formula is C17H29N5O2. The summed E-state index contributed by atoms with van der Waals surface area (Å²) in [6.07, 6.45) is 4.88. The molecule has 1 amide bonds. The first-order valence-corrected chi connectivity index (χ1v) is 8.56. The van der Waals surface area contributed by atoms with E-state index in [0.29, 0.717) is 18.5 Å². The first kappa shape index (κ1) is 18.4. The lowest BCUT2D eigenvalue weighted by atomic mass is 10.1. The Morgan fingerprint density at radius 1 is 1.46 bits per heavy atom. The van der Waals surface area contributed by atoms with Crippen LogP contribution in [-0.2, 0) is 11.3 Å². The van der Waals surface area contributed by atoms with E-state index in [4.69, 9.17) is 4.74 Å². The Kier molecular flexibility index (Phi) is 6.36. The maximum atomic E-state index is 11.7. The van der Waals surface area contributed by atoms with Gasteiger partial charge in [0.1, 0.15) is 5.60 Å². The molecule has 1 unspecified atom stereocenters. The topological polar surface area (TPSA) is 79.4 Å². The van der Waals surface area contributed by atoms with Crippen molar-refractivity contribution < 1.29 is 9.53 Å². The molecule has 1 aromatic rings. The average molecular weight is 335 g/mol. The molecule has 2 N–H and O–H groups in total. The fourth-order valence-electron chi connectivity index (χ4n) is 2.75. The molecule has 7 heteroatoms. The molecule has 0 saturated carbocycles. The summed E-state index contributed by atoms with van der Waals surface area (Å²) >= 11 is 0. The van der Waals surface area contributed by atoms with Gasteiger partial charge in [0.15, 0.2) is 0 Å². The summed E-state index contributed by atoms with van der Waals surface area (Å²) in [6, 6.07) is 2.43. The minimum atomic E-state index is -0.504. The van der Waals surface area contributed by atoms with Crippen LogP contribution in [0, 0.1) is 0 Å². The first-order chi connectivity index (χ1) is 11.3.